The Morgan fingerprint density at radius 1 is 1.38 bits per heavy atom. The minimum atomic E-state index is -0.135. The fourth-order valence-corrected chi connectivity index (χ4v) is 2.68. The molecule has 2 heterocycles. The van der Waals surface area contributed by atoms with Crippen molar-refractivity contribution in [2.45, 2.75) is 40.3 Å². The van der Waals surface area contributed by atoms with Crippen LogP contribution in [0, 0.1) is 11.8 Å². The molecule has 132 valence electrons. The summed E-state index contributed by atoms with van der Waals surface area (Å²) in [5.41, 5.74) is 0. The summed E-state index contributed by atoms with van der Waals surface area (Å²) in [6.07, 6.45) is 5.28. The zero-order valence-corrected chi connectivity index (χ0v) is 15.2. The predicted molar refractivity (Wildman–Crippen MR) is 93.3 cm³/mol. The first kappa shape index (κ1) is 18.1. The molecule has 24 heavy (non-hydrogen) atoms. The van der Waals surface area contributed by atoms with Crippen molar-refractivity contribution in [1.29, 1.82) is 0 Å². The maximum Gasteiger partial charge on any atom is 0.318 e. The van der Waals surface area contributed by atoms with E-state index in [-0.39, 0.29) is 18.0 Å². The summed E-state index contributed by atoms with van der Waals surface area (Å²) < 4.78 is 7.35. The third-order valence-electron chi connectivity index (χ3n) is 3.88. The molecule has 2 aromatic rings. The van der Waals surface area contributed by atoms with Crippen LogP contribution in [0.2, 0.25) is 0 Å². The summed E-state index contributed by atoms with van der Waals surface area (Å²) in [6.45, 7) is 9.49. The van der Waals surface area contributed by atoms with E-state index in [0.29, 0.717) is 19.0 Å². The van der Waals surface area contributed by atoms with Gasteiger partial charge in [0.25, 0.3) is 0 Å². The van der Waals surface area contributed by atoms with E-state index in [1.807, 2.05) is 29.9 Å². The fourth-order valence-electron chi connectivity index (χ4n) is 2.68. The Labute approximate surface area is 143 Å². The van der Waals surface area contributed by atoms with Gasteiger partial charge in [-0.05, 0) is 24.0 Å². The van der Waals surface area contributed by atoms with Crippen molar-refractivity contribution in [3.63, 3.8) is 0 Å². The Morgan fingerprint density at radius 3 is 2.62 bits per heavy atom. The minimum Gasteiger partial charge on any atom is -0.467 e. The third kappa shape index (κ3) is 4.63. The molecular weight excluding hydrogens is 304 g/mol. The number of carbonyl (C=O) groups excluding carboxylic acids is 1. The number of aryl methyl sites for hydroxylation is 1. The predicted octanol–water partition coefficient (Wildman–Crippen LogP) is 3.58. The van der Waals surface area contributed by atoms with Crippen LogP contribution in [0.4, 0.5) is 4.79 Å². The number of aromatic nitrogens is 2. The molecule has 0 spiro atoms. The normalized spacial score (nSPS) is 12.6. The Kier molecular flexibility index (Phi) is 6.06. The summed E-state index contributed by atoms with van der Waals surface area (Å²) in [5, 5.41) is 3.14. The molecule has 1 N–H and O–H groups in total. The standard InChI is InChI=1S/C18H28N4O2/c1-13(2)11-22(12-15-7-6-10-24-15)18(23)20-16(14(3)4)17-19-8-9-21(17)5/h6-10,13-14,16H,11-12H2,1-5H3,(H,20,23)/t16-/m1/s1. The molecule has 1 atom stereocenters. The van der Waals surface area contributed by atoms with E-state index < -0.39 is 0 Å². The monoisotopic (exact) mass is 332 g/mol. The lowest BCUT2D eigenvalue weighted by Crippen LogP contribution is -2.44. The van der Waals surface area contributed by atoms with Crippen LogP contribution in [0.3, 0.4) is 0 Å². The molecular formula is C18H28N4O2. The van der Waals surface area contributed by atoms with Gasteiger partial charge in [0.1, 0.15) is 11.6 Å². The first-order valence-electron chi connectivity index (χ1n) is 8.43. The van der Waals surface area contributed by atoms with Crippen molar-refractivity contribution in [2.24, 2.45) is 18.9 Å². The average molecular weight is 332 g/mol. The maximum atomic E-state index is 12.9. The number of hydrogen-bond acceptors (Lipinski definition) is 3. The van der Waals surface area contributed by atoms with E-state index in [1.165, 1.54) is 0 Å². The summed E-state index contributed by atoms with van der Waals surface area (Å²) in [7, 11) is 1.94. The smallest absolute Gasteiger partial charge is 0.318 e. The zero-order valence-electron chi connectivity index (χ0n) is 15.2. The van der Waals surface area contributed by atoms with Gasteiger partial charge < -0.3 is 19.2 Å². The molecule has 2 aromatic heterocycles. The number of hydrogen-bond donors (Lipinski definition) is 1. The Bertz CT molecular complexity index is 631. The molecule has 0 saturated carbocycles. The zero-order chi connectivity index (χ0) is 17.7. The largest absolute Gasteiger partial charge is 0.467 e. The lowest BCUT2D eigenvalue weighted by molar-refractivity contribution is 0.174. The van der Waals surface area contributed by atoms with Gasteiger partial charge in [-0.3, -0.25) is 0 Å². The molecule has 0 radical (unpaired) electrons. The second-order valence-electron chi connectivity index (χ2n) is 6.92. The van der Waals surface area contributed by atoms with Crippen LogP contribution >= 0.6 is 0 Å². The van der Waals surface area contributed by atoms with Crippen LogP contribution in [-0.4, -0.2) is 27.0 Å². The van der Waals surface area contributed by atoms with Crippen molar-refractivity contribution in [3.8, 4) is 0 Å². The van der Waals surface area contributed by atoms with Crippen molar-refractivity contribution >= 4 is 6.03 Å². The van der Waals surface area contributed by atoms with Crippen LogP contribution in [0.5, 0.6) is 0 Å². The van der Waals surface area contributed by atoms with Crippen molar-refractivity contribution in [2.75, 3.05) is 6.54 Å². The molecule has 0 aliphatic heterocycles. The molecule has 0 aliphatic rings. The van der Waals surface area contributed by atoms with E-state index in [1.54, 1.807) is 17.4 Å². The number of carbonyl (C=O) groups is 1. The molecule has 2 amide bonds. The highest BCUT2D eigenvalue weighted by atomic mass is 16.3. The second kappa shape index (κ2) is 8.04. The number of imidazole rings is 1. The summed E-state index contributed by atoms with van der Waals surface area (Å²) in [4.78, 5) is 19.1. The number of nitrogens with zero attached hydrogens (tertiary/aromatic N) is 3. The minimum absolute atomic E-state index is 0.0956. The van der Waals surface area contributed by atoms with E-state index in [9.17, 15) is 4.79 Å². The van der Waals surface area contributed by atoms with Crippen LogP contribution in [0.1, 0.15) is 45.3 Å². The van der Waals surface area contributed by atoms with Gasteiger partial charge in [-0.25, -0.2) is 9.78 Å². The van der Waals surface area contributed by atoms with E-state index >= 15 is 0 Å². The SMILES string of the molecule is CC(C)CN(Cc1ccco1)C(=O)N[C@@H](c1nccn1C)C(C)C. The van der Waals surface area contributed by atoms with Crippen LogP contribution in [0.25, 0.3) is 0 Å². The lowest BCUT2D eigenvalue weighted by Gasteiger charge is -2.28. The van der Waals surface area contributed by atoms with Crippen LogP contribution in [0.15, 0.2) is 35.2 Å². The number of nitrogens with one attached hydrogen (secondary N) is 1. The van der Waals surface area contributed by atoms with Crippen molar-refractivity contribution in [3.05, 3.63) is 42.4 Å². The second-order valence-corrected chi connectivity index (χ2v) is 6.92. The van der Waals surface area contributed by atoms with Gasteiger partial charge in [-0.15, -0.1) is 0 Å². The number of rotatable bonds is 7. The van der Waals surface area contributed by atoms with Gasteiger partial charge in [0.2, 0.25) is 0 Å². The molecule has 0 aromatic carbocycles. The average Bonchev–Trinajstić information content (AvgIpc) is 3.15. The Balaban J connectivity index is 2.13. The maximum absolute atomic E-state index is 12.9. The molecule has 0 bridgehead atoms. The van der Waals surface area contributed by atoms with Gasteiger partial charge in [-0.2, -0.15) is 0 Å². The fraction of sp³-hybridized carbons (Fsp3) is 0.556. The first-order chi connectivity index (χ1) is 11.4. The molecule has 0 unspecified atom stereocenters. The lowest BCUT2D eigenvalue weighted by atomic mass is 10.0. The van der Waals surface area contributed by atoms with Gasteiger partial charge in [0, 0.05) is 26.0 Å². The van der Waals surface area contributed by atoms with E-state index in [2.05, 4.69) is 38.0 Å². The van der Waals surface area contributed by atoms with Gasteiger partial charge in [-0.1, -0.05) is 27.7 Å². The summed E-state index contributed by atoms with van der Waals surface area (Å²) >= 11 is 0. The molecule has 6 heteroatoms. The number of furan rings is 1. The molecule has 0 saturated heterocycles. The first-order valence-corrected chi connectivity index (χ1v) is 8.43. The molecule has 0 fully saturated rings. The summed E-state index contributed by atoms with van der Waals surface area (Å²) in [6, 6.07) is 3.50. The third-order valence-corrected chi connectivity index (χ3v) is 3.88. The van der Waals surface area contributed by atoms with E-state index in [4.69, 9.17) is 4.42 Å². The number of amides is 2. The quantitative estimate of drug-likeness (QED) is 0.843. The summed E-state index contributed by atoms with van der Waals surface area (Å²) in [5.74, 6) is 2.25. The topological polar surface area (TPSA) is 63.3 Å². The molecule has 0 aliphatic carbocycles. The highest BCUT2D eigenvalue weighted by Gasteiger charge is 2.25. The van der Waals surface area contributed by atoms with Gasteiger partial charge in [0.15, 0.2) is 0 Å². The Hall–Kier alpha value is -2.24. The number of urea groups is 1. The van der Waals surface area contributed by atoms with Crippen LogP contribution < -0.4 is 5.32 Å². The molecule has 2 rings (SSSR count). The highest BCUT2D eigenvalue weighted by Crippen LogP contribution is 2.20. The Morgan fingerprint density at radius 2 is 2.12 bits per heavy atom. The van der Waals surface area contributed by atoms with E-state index in [0.717, 1.165) is 11.6 Å². The highest BCUT2D eigenvalue weighted by molar-refractivity contribution is 5.74. The van der Waals surface area contributed by atoms with Crippen molar-refractivity contribution in [1.82, 2.24) is 19.8 Å². The molecule has 6 nitrogen and oxygen atoms in total. The van der Waals surface area contributed by atoms with Gasteiger partial charge in [0.05, 0.1) is 18.8 Å². The van der Waals surface area contributed by atoms with Crippen LogP contribution in [-0.2, 0) is 13.6 Å². The van der Waals surface area contributed by atoms with Crippen molar-refractivity contribution < 1.29 is 9.21 Å². The van der Waals surface area contributed by atoms with Gasteiger partial charge >= 0.3 is 6.03 Å².